The number of rotatable bonds is 5. The second-order valence-corrected chi connectivity index (χ2v) is 4.93. The molecule has 0 unspecified atom stereocenters. The van der Waals surface area contributed by atoms with Gasteiger partial charge in [0.15, 0.2) is 6.61 Å². The number of nitrogens with zero attached hydrogens (tertiary/aromatic N) is 1. The van der Waals surface area contributed by atoms with E-state index in [9.17, 15) is 4.39 Å². The fraction of sp³-hybridized carbons (Fsp3) is 0.133. The molecule has 0 aliphatic heterocycles. The predicted molar refractivity (Wildman–Crippen MR) is 79.0 cm³/mol. The standard InChI is InChI=1S/C15H12BrFN2O/c16-14-5-4-12(17)9-15(14)19-10-11-2-1-3-13(8-11)20-7-6-18/h1-5,8-9,19H,7,10H2. The molecule has 0 saturated carbocycles. The lowest BCUT2D eigenvalue weighted by molar-refractivity contribution is 0.368. The summed E-state index contributed by atoms with van der Waals surface area (Å²) in [6.45, 7) is 0.554. The van der Waals surface area contributed by atoms with E-state index in [2.05, 4.69) is 21.2 Å². The van der Waals surface area contributed by atoms with E-state index in [4.69, 9.17) is 10.00 Å². The second kappa shape index (κ2) is 6.92. The number of anilines is 1. The van der Waals surface area contributed by atoms with E-state index in [0.29, 0.717) is 18.0 Å². The Bertz CT molecular complexity index is 640. The number of ether oxygens (including phenoxy) is 1. The zero-order valence-corrected chi connectivity index (χ0v) is 12.2. The highest BCUT2D eigenvalue weighted by Gasteiger charge is 2.02. The molecule has 0 fully saturated rings. The van der Waals surface area contributed by atoms with Crippen molar-refractivity contribution < 1.29 is 9.13 Å². The van der Waals surface area contributed by atoms with E-state index in [-0.39, 0.29) is 12.4 Å². The molecule has 0 aliphatic carbocycles. The van der Waals surface area contributed by atoms with Crippen molar-refractivity contribution in [3.63, 3.8) is 0 Å². The molecule has 0 spiro atoms. The lowest BCUT2D eigenvalue weighted by Gasteiger charge is -2.10. The molecule has 3 nitrogen and oxygen atoms in total. The van der Waals surface area contributed by atoms with Gasteiger partial charge >= 0.3 is 0 Å². The second-order valence-electron chi connectivity index (χ2n) is 4.07. The Hall–Kier alpha value is -2.06. The number of nitrogens with one attached hydrogen (secondary N) is 1. The van der Waals surface area contributed by atoms with Gasteiger partial charge in [-0.25, -0.2) is 4.39 Å². The highest BCUT2D eigenvalue weighted by molar-refractivity contribution is 9.10. The molecule has 0 saturated heterocycles. The molecule has 1 N–H and O–H groups in total. The molecule has 0 radical (unpaired) electrons. The van der Waals surface area contributed by atoms with Gasteiger partial charge in [0.25, 0.3) is 0 Å². The fourth-order valence-electron chi connectivity index (χ4n) is 1.69. The first-order valence-electron chi connectivity index (χ1n) is 5.96. The van der Waals surface area contributed by atoms with E-state index in [1.54, 1.807) is 12.1 Å². The quantitative estimate of drug-likeness (QED) is 0.895. The first kappa shape index (κ1) is 14.4. The minimum absolute atomic E-state index is 0.0202. The van der Waals surface area contributed by atoms with Gasteiger partial charge in [0, 0.05) is 11.0 Å². The van der Waals surface area contributed by atoms with Gasteiger partial charge in [0.2, 0.25) is 0 Å². The van der Waals surface area contributed by atoms with E-state index < -0.39 is 0 Å². The SMILES string of the molecule is N#CCOc1cccc(CNc2cc(F)ccc2Br)c1. The zero-order valence-electron chi connectivity index (χ0n) is 10.6. The maximum atomic E-state index is 13.2. The summed E-state index contributed by atoms with van der Waals surface area (Å²) >= 11 is 3.36. The van der Waals surface area contributed by atoms with Crippen molar-refractivity contribution in [1.82, 2.24) is 0 Å². The van der Waals surface area contributed by atoms with Gasteiger partial charge < -0.3 is 10.1 Å². The van der Waals surface area contributed by atoms with Crippen molar-refractivity contribution in [2.24, 2.45) is 0 Å². The molecule has 0 bridgehead atoms. The predicted octanol–water partition coefficient (Wildman–Crippen LogP) is 4.10. The van der Waals surface area contributed by atoms with Crippen LogP contribution < -0.4 is 10.1 Å². The molecule has 0 aliphatic rings. The van der Waals surface area contributed by atoms with Crippen LogP contribution >= 0.6 is 15.9 Å². The maximum absolute atomic E-state index is 13.2. The van der Waals surface area contributed by atoms with Crippen LogP contribution in [0.2, 0.25) is 0 Å². The molecular formula is C15H12BrFN2O. The van der Waals surface area contributed by atoms with E-state index in [0.717, 1.165) is 10.0 Å². The Morgan fingerprint density at radius 1 is 1.25 bits per heavy atom. The number of hydrogen-bond acceptors (Lipinski definition) is 3. The summed E-state index contributed by atoms with van der Waals surface area (Å²) in [5.74, 6) is 0.353. The molecular weight excluding hydrogens is 323 g/mol. The third-order valence-electron chi connectivity index (χ3n) is 2.61. The smallest absolute Gasteiger partial charge is 0.174 e. The van der Waals surface area contributed by atoms with Crippen molar-refractivity contribution >= 4 is 21.6 Å². The Kier molecular flexibility index (Phi) is 4.97. The van der Waals surface area contributed by atoms with E-state index in [1.807, 2.05) is 24.3 Å². The third kappa shape index (κ3) is 3.97. The molecule has 0 heterocycles. The largest absolute Gasteiger partial charge is 0.479 e. The van der Waals surface area contributed by atoms with Crippen LogP contribution in [0.5, 0.6) is 5.75 Å². The molecule has 2 aromatic carbocycles. The lowest BCUT2D eigenvalue weighted by Crippen LogP contribution is -2.01. The first-order chi connectivity index (χ1) is 9.69. The van der Waals surface area contributed by atoms with Crippen molar-refractivity contribution in [1.29, 1.82) is 5.26 Å². The lowest BCUT2D eigenvalue weighted by atomic mass is 10.2. The summed E-state index contributed by atoms with van der Waals surface area (Å²) in [6.07, 6.45) is 0. The number of halogens is 2. The van der Waals surface area contributed by atoms with Gasteiger partial charge in [0.1, 0.15) is 17.6 Å². The summed E-state index contributed by atoms with van der Waals surface area (Å²) in [5, 5.41) is 11.6. The number of nitriles is 1. The highest BCUT2D eigenvalue weighted by atomic mass is 79.9. The summed E-state index contributed by atoms with van der Waals surface area (Å²) in [5.41, 5.74) is 1.67. The van der Waals surface area contributed by atoms with Gasteiger partial charge in [-0.2, -0.15) is 5.26 Å². The highest BCUT2D eigenvalue weighted by Crippen LogP contribution is 2.24. The van der Waals surface area contributed by atoms with Gasteiger partial charge in [-0.1, -0.05) is 12.1 Å². The third-order valence-corrected chi connectivity index (χ3v) is 3.30. The van der Waals surface area contributed by atoms with Crippen molar-refractivity contribution in [2.45, 2.75) is 6.54 Å². The molecule has 0 atom stereocenters. The summed E-state index contributed by atoms with van der Waals surface area (Å²) < 4.78 is 19.2. The molecule has 0 aromatic heterocycles. The Balaban J connectivity index is 2.03. The summed E-state index contributed by atoms with van der Waals surface area (Å²) in [7, 11) is 0. The minimum atomic E-state index is -0.290. The van der Waals surface area contributed by atoms with Gasteiger partial charge in [-0.05, 0) is 51.8 Å². The Morgan fingerprint density at radius 3 is 2.90 bits per heavy atom. The topological polar surface area (TPSA) is 45.0 Å². The molecule has 0 amide bonds. The molecule has 2 rings (SSSR count). The van der Waals surface area contributed by atoms with Crippen LogP contribution in [0.15, 0.2) is 46.9 Å². The van der Waals surface area contributed by atoms with Crippen molar-refractivity contribution in [3.05, 3.63) is 58.3 Å². The van der Waals surface area contributed by atoms with Crippen molar-refractivity contribution in [3.8, 4) is 11.8 Å². The number of hydrogen-bond donors (Lipinski definition) is 1. The summed E-state index contributed by atoms with van der Waals surface area (Å²) in [4.78, 5) is 0. The van der Waals surface area contributed by atoms with Crippen LogP contribution in [-0.4, -0.2) is 6.61 Å². The van der Waals surface area contributed by atoms with Gasteiger partial charge in [0.05, 0.1) is 5.69 Å². The first-order valence-corrected chi connectivity index (χ1v) is 6.76. The fourth-order valence-corrected chi connectivity index (χ4v) is 2.08. The number of benzene rings is 2. The summed E-state index contributed by atoms with van der Waals surface area (Å²) in [6, 6.07) is 13.8. The van der Waals surface area contributed by atoms with Gasteiger partial charge in [-0.3, -0.25) is 0 Å². The van der Waals surface area contributed by atoms with E-state index in [1.165, 1.54) is 12.1 Å². The average molecular weight is 335 g/mol. The molecule has 102 valence electrons. The normalized spacial score (nSPS) is 9.85. The van der Waals surface area contributed by atoms with Crippen LogP contribution in [0, 0.1) is 17.1 Å². The monoisotopic (exact) mass is 334 g/mol. The zero-order chi connectivity index (χ0) is 14.4. The van der Waals surface area contributed by atoms with Crippen LogP contribution in [0.1, 0.15) is 5.56 Å². The molecule has 2 aromatic rings. The van der Waals surface area contributed by atoms with Gasteiger partial charge in [-0.15, -0.1) is 0 Å². The van der Waals surface area contributed by atoms with Crippen LogP contribution in [0.4, 0.5) is 10.1 Å². The van der Waals surface area contributed by atoms with Crippen LogP contribution in [0.25, 0.3) is 0 Å². The molecule has 5 heteroatoms. The van der Waals surface area contributed by atoms with Crippen LogP contribution in [0.3, 0.4) is 0 Å². The maximum Gasteiger partial charge on any atom is 0.174 e. The molecule has 20 heavy (non-hydrogen) atoms. The average Bonchev–Trinajstić information content (AvgIpc) is 2.46. The van der Waals surface area contributed by atoms with Crippen LogP contribution in [-0.2, 0) is 6.54 Å². The Labute approximate surface area is 125 Å². The van der Waals surface area contributed by atoms with E-state index >= 15 is 0 Å². The minimum Gasteiger partial charge on any atom is -0.479 e. The van der Waals surface area contributed by atoms with Crippen molar-refractivity contribution in [2.75, 3.05) is 11.9 Å². The Morgan fingerprint density at radius 2 is 2.10 bits per heavy atom.